The summed E-state index contributed by atoms with van der Waals surface area (Å²) in [5, 5.41) is 7.52. The monoisotopic (exact) mass is 580 g/mol. The molecule has 0 spiro atoms. The van der Waals surface area contributed by atoms with Crippen LogP contribution in [0, 0.1) is 5.82 Å². The van der Waals surface area contributed by atoms with E-state index < -0.39 is 5.97 Å². The third kappa shape index (κ3) is 5.18. The van der Waals surface area contributed by atoms with Crippen LogP contribution in [0.25, 0.3) is 11.3 Å². The van der Waals surface area contributed by atoms with Gasteiger partial charge in [0.25, 0.3) is 5.91 Å². The number of esters is 1. The first kappa shape index (κ1) is 27.3. The summed E-state index contributed by atoms with van der Waals surface area (Å²) in [4.78, 5) is 31.9. The molecule has 8 nitrogen and oxygen atoms in total. The Labute approximate surface area is 249 Å². The number of amides is 1. The SMILES string of the molecule is CCOC(=O)c1c(CCc2ccc(F)cc2)nc2c(c1-c1ccc(C(=O)NC3Cc4ccccc4C3)o1)CN1CCCN21. The van der Waals surface area contributed by atoms with Crippen LogP contribution in [0.3, 0.4) is 0 Å². The summed E-state index contributed by atoms with van der Waals surface area (Å²) < 4.78 is 25.3. The molecule has 2 aliphatic heterocycles. The van der Waals surface area contributed by atoms with Crippen molar-refractivity contribution in [3.63, 3.8) is 0 Å². The molecule has 3 aliphatic rings. The minimum absolute atomic E-state index is 0.00301. The maximum atomic E-state index is 13.6. The molecule has 1 aliphatic carbocycles. The molecule has 4 aromatic rings. The molecule has 9 heteroatoms. The summed E-state index contributed by atoms with van der Waals surface area (Å²) in [5.74, 6) is 0.382. The van der Waals surface area contributed by atoms with Gasteiger partial charge < -0.3 is 14.5 Å². The number of nitrogens with one attached hydrogen (secondary N) is 1. The maximum Gasteiger partial charge on any atom is 0.340 e. The molecule has 0 atom stereocenters. The second-order valence-electron chi connectivity index (χ2n) is 11.3. The second-order valence-corrected chi connectivity index (χ2v) is 11.3. The van der Waals surface area contributed by atoms with Gasteiger partial charge in [0.2, 0.25) is 0 Å². The lowest BCUT2D eigenvalue weighted by molar-refractivity contribution is 0.0525. The zero-order valence-corrected chi connectivity index (χ0v) is 24.1. The molecule has 0 saturated carbocycles. The minimum Gasteiger partial charge on any atom is -0.462 e. The Kier molecular flexibility index (Phi) is 7.18. The van der Waals surface area contributed by atoms with Crippen LogP contribution in [0.2, 0.25) is 0 Å². The Morgan fingerprint density at radius 3 is 2.53 bits per heavy atom. The summed E-state index contributed by atoms with van der Waals surface area (Å²) in [5.41, 5.74) is 5.91. The number of pyridine rings is 1. The van der Waals surface area contributed by atoms with Crippen molar-refractivity contribution in [1.82, 2.24) is 15.3 Å². The van der Waals surface area contributed by atoms with Crippen molar-refractivity contribution in [3.8, 4) is 11.3 Å². The minimum atomic E-state index is -0.477. The Morgan fingerprint density at radius 2 is 1.79 bits per heavy atom. The number of rotatable bonds is 8. The first-order valence-corrected chi connectivity index (χ1v) is 15.0. The van der Waals surface area contributed by atoms with E-state index in [1.807, 2.05) is 12.1 Å². The van der Waals surface area contributed by atoms with E-state index in [9.17, 15) is 14.0 Å². The van der Waals surface area contributed by atoms with Crippen LogP contribution in [-0.4, -0.2) is 47.6 Å². The van der Waals surface area contributed by atoms with E-state index in [4.69, 9.17) is 14.1 Å². The molecule has 1 saturated heterocycles. The Bertz CT molecular complexity index is 1670. The molecule has 0 bridgehead atoms. The van der Waals surface area contributed by atoms with Crippen LogP contribution in [0.1, 0.15) is 62.2 Å². The van der Waals surface area contributed by atoms with E-state index in [0.717, 1.165) is 49.3 Å². The van der Waals surface area contributed by atoms with Crippen molar-refractivity contribution in [3.05, 3.63) is 106 Å². The molecule has 4 heterocycles. The fraction of sp³-hybridized carbons (Fsp3) is 0.324. The molecule has 1 N–H and O–H groups in total. The number of carbonyl (C=O) groups excluding carboxylic acids is 2. The molecule has 1 fully saturated rings. The van der Waals surface area contributed by atoms with Gasteiger partial charge in [-0.1, -0.05) is 36.4 Å². The van der Waals surface area contributed by atoms with Crippen LogP contribution in [0.4, 0.5) is 10.2 Å². The molecule has 0 unspecified atom stereocenters. The molecule has 2 aromatic carbocycles. The number of hydrogen-bond acceptors (Lipinski definition) is 7. The average molecular weight is 581 g/mol. The average Bonchev–Trinajstić information content (AvgIpc) is 3.80. The van der Waals surface area contributed by atoms with Gasteiger partial charge in [-0.15, -0.1) is 0 Å². The normalized spacial score (nSPS) is 15.8. The second kappa shape index (κ2) is 11.3. The highest BCUT2D eigenvalue weighted by Crippen LogP contribution is 2.43. The molecule has 43 heavy (non-hydrogen) atoms. The van der Waals surface area contributed by atoms with Crippen molar-refractivity contribution < 1.29 is 23.1 Å². The highest BCUT2D eigenvalue weighted by atomic mass is 19.1. The Hall–Kier alpha value is -4.50. The van der Waals surface area contributed by atoms with Gasteiger partial charge in [0.15, 0.2) is 5.76 Å². The van der Waals surface area contributed by atoms with E-state index in [0.29, 0.717) is 42.0 Å². The van der Waals surface area contributed by atoms with Gasteiger partial charge in [0.05, 0.1) is 17.9 Å². The number of halogens is 1. The van der Waals surface area contributed by atoms with Crippen molar-refractivity contribution in [1.29, 1.82) is 0 Å². The third-order valence-corrected chi connectivity index (χ3v) is 8.57. The number of fused-ring (bicyclic) bond motifs is 4. The van der Waals surface area contributed by atoms with E-state index >= 15 is 0 Å². The van der Waals surface area contributed by atoms with Crippen LogP contribution >= 0.6 is 0 Å². The van der Waals surface area contributed by atoms with Gasteiger partial charge in [-0.2, -0.15) is 0 Å². The standard InChI is InChI=1S/C34H33FN4O4/c1-2-42-34(41)31-27(13-10-21-8-11-24(35)12-9-21)37-32-26(20-38-16-5-17-39(32)38)30(31)28-14-15-29(43-28)33(40)36-25-18-22-6-3-4-7-23(22)19-25/h3-4,6-9,11-12,14-15,25H,2,5,10,13,16-20H2,1H3,(H,36,40). The predicted octanol–water partition coefficient (Wildman–Crippen LogP) is 5.28. The lowest BCUT2D eigenvalue weighted by atomic mass is 9.95. The number of ether oxygens (including phenoxy) is 1. The molecule has 1 amide bonds. The lowest BCUT2D eigenvalue weighted by Gasteiger charge is -2.21. The number of carbonyl (C=O) groups is 2. The molecule has 2 aromatic heterocycles. The maximum absolute atomic E-state index is 13.6. The summed E-state index contributed by atoms with van der Waals surface area (Å²) in [6.07, 6.45) is 3.60. The van der Waals surface area contributed by atoms with E-state index in [1.54, 1.807) is 31.2 Å². The highest BCUT2D eigenvalue weighted by molar-refractivity contribution is 6.00. The number of aryl methyl sites for hydroxylation is 2. The van der Waals surface area contributed by atoms with Gasteiger partial charge in [0, 0.05) is 36.8 Å². The van der Waals surface area contributed by atoms with Crippen LogP contribution < -0.4 is 10.3 Å². The van der Waals surface area contributed by atoms with Gasteiger partial charge in [-0.25, -0.2) is 19.2 Å². The van der Waals surface area contributed by atoms with Crippen LogP contribution in [0.5, 0.6) is 0 Å². The number of aromatic nitrogens is 1. The number of hydrazine groups is 1. The van der Waals surface area contributed by atoms with Crippen molar-refractivity contribution >= 4 is 17.7 Å². The summed E-state index contributed by atoms with van der Waals surface area (Å²) in [6, 6.07) is 18.0. The van der Waals surface area contributed by atoms with Gasteiger partial charge in [-0.05, 0) is 80.0 Å². The zero-order chi connectivity index (χ0) is 29.5. The first-order valence-electron chi connectivity index (χ1n) is 15.0. The lowest BCUT2D eigenvalue weighted by Crippen LogP contribution is -2.35. The van der Waals surface area contributed by atoms with E-state index in [2.05, 4.69) is 27.5 Å². The smallest absolute Gasteiger partial charge is 0.340 e. The quantitative estimate of drug-likeness (QED) is 0.284. The number of hydrogen-bond donors (Lipinski definition) is 1. The number of anilines is 1. The van der Waals surface area contributed by atoms with E-state index in [-0.39, 0.29) is 30.1 Å². The van der Waals surface area contributed by atoms with Crippen molar-refractivity contribution in [2.45, 2.75) is 51.6 Å². The highest BCUT2D eigenvalue weighted by Gasteiger charge is 2.38. The van der Waals surface area contributed by atoms with E-state index in [1.165, 1.54) is 23.3 Å². The number of furan rings is 1. The molecular formula is C34H33FN4O4. The predicted molar refractivity (Wildman–Crippen MR) is 159 cm³/mol. The fourth-order valence-electron chi connectivity index (χ4n) is 6.57. The number of nitrogens with zero attached hydrogens (tertiary/aromatic N) is 3. The van der Waals surface area contributed by atoms with Gasteiger partial charge in [-0.3, -0.25) is 9.80 Å². The summed E-state index contributed by atoms with van der Waals surface area (Å²) in [6.45, 7) is 4.30. The van der Waals surface area contributed by atoms with Crippen LogP contribution in [-0.2, 0) is 37.0 Å². The van der Waals surface area contributed by atoms with Crippen molar-refractivity contribution in [2.75, 3.05) is 24.7 Å². The Balaban J connectivity index is 1.24. The molecule has 0 radical (unpaired) electrons. The topological polar surface area (TPSA) is 87.9 Å². The summed E-state index contributed by atoms with van der Waals surface area (Å²) >= 11 is 0. The fourth-order valence-corrected chi connectivity index (χ4v) is 6.57. The first-order chi connectivity index (χ1) is 21.0. The largest absolute Gasteiger partial charge is 0.462 e. The Morgan fingerprint density at radius 1 is 1.02 bits per heavy atom. The number of benzene rings is 2. The van der Waals surface area contributed by atoms with Gasteiger partial charge in [0.1, 0.15) is 17.4 Å². The third-order valence-electron chi connectivity index (χ3n) is 8.57. The zero-order valence-electron chi connectivity index (χ0n) is 24.1. The van der Waals surface area contributed by atoms with Gasteiger partial charge >= 0.3 is 5.97 Å². The molecule has 220 valence electrons. The van der Waals surface area contributed by atoms with Crippen molar-refractivity contribution in [2.24, 2.45) is 0 Å². The van der Waals surface area contributed by atoms with Crippen LogP contribution in [0.15, 0.2) is 65.1 Å². The molecular weight excluding hydrogens is 547 g/mol. The summed E-state index contributed by atoms with van der Waals surface area (Å²) in [7, 11) is 0. The molecule has 7 rings (SSSR count).